The smallest absolute Gasteiger partial charge is 0.243 e. The van der Waals surface area contributed by atoms with Crippen LogP contribution in [0.4, 0.5) is 5.69 Å². The van der Waals surface area contributed by atoms with Crippen LogP contribution in [0.3, 0.4) is 0 Å². The van der Waals surface area contributed by atoms with Crippen molar-refractivity contribution in [3.05, 3.63) is 53.1 Å². The lowest BCUT2D eigenvalue weighted by Crippen LogP contribution is -2.60. The van der Waals surface area contributed by atoms with Gasteiger partial charge < -0.3 is 25.0 Å². The van der Waals surface area contributed by atoms with E-state index in [1.807, 2.05) is 44.2 Å². The second-order valence-corrected chi connectivity index (χ2v) is 10.2. The van der Waals surface area contributed by atoms with Gasteiger partial charge in [0.25, 0.3) is 0 Å². The number of carbonyl (C=O) groups is 3. The van der Waals surface area contributed by atoms with Crippen molar-refractivity contribution in [2.75, 3.05) is 57.9 Å². The molecular formula is C28H35N5O5. The summed E-state index contributed by atoms with van der Waals surface area (Å²) in [6.45, 7) is 9.29. The van der Waals surface area contributed by atoms with Crippen molar-refractivity contribution in [1.29, 1.82) is 0 Å². The number of hydrogen-bond acceptors (Lipinski definition) is 7. The number of carbonyl (C=O) groups excluding carboxylic acids is 3. The highest BCUT2D eigenvalue weighted by Gasteiger charge is 2.35. The van der Waals surface area contributed by atoms with E-state index in [2.05, 4.69) is 26.5 Å². The quantitative estimate of drug-likeness (QED) is 0.569. The number of nitrogens with zero attached hydrogens (tertiary/aromatic N) is 3. The van der Waals surface area contributed by atoms with Gasteiger partial charge >= 0.3 is 0 Å². The summed E-state index contributed by atoms with van der Waals surface area (Å²) >= 11 is 0. The minimum absolute atomic E-state index is 0.0756. The summed E-state index contributed by atoms with van der Waals surface area (Å²) in [6.07, 6.45) is -0.0756. The number of rotatable bonds is 7. The van der Waals surface area contributed by atoms with Crippen molar-refractivity contribution in [3.8, 4) is 11.5 Å². The Hall–Kier alpha value is -3.63. The number of piperazine rings is 2. The molecule has 3 aliphatic rings. The molecule has 0 aliphatic carbocycles. The third-order valence-corrected chi connectivity index (χ3v) is 7.49. The van der Waals surface area contributed by atoms with Crippen LogP contribution in [0.5, 0.6) is 11.5 Å². The second kappa shape index (κ2) is 11.4. The highest BCUT2D eigenvalue weighted by atomic mass is 16.7. The molecule has 2 saturated heterocycles. The summed E-state index contributed by atoms with van der Waals surface area (Å²) in [5.74, 6) is 0.880. The fourth-order valence-corrected chi connectivity index (χ4v) is 5.11. The van der Waals surface area contributed by atoms with E-state index in [1.165, 1.54) is 5.56 Å². The van der Waals surface area contributed by atoms with Crippen molar-refractivity contribution >= 4 is 23.4 Å². The maximum atomic E-state index is 13.3. The lowest BCUT2D eigenvalue weighted by Gasteiger charge is -2.38. The lowest BCUT2D eigenvalue weighted by atomic mass is 10.1. The second-order valence-electron chi connectivity index (χ2n) is 10.2. The van der Waals surface area contributed by atoms with Gasteiger partial charge in [-0.1, -0.05) is 12.1 Å². The summed E-state index contributed by atoms with van der Waals surface area (Å²) in [4.78, 5) is 44.7. The number of fused-ring (bicyclic) bond motifs is 1. The molecule has 10 nitrogen and oxygen atoms in total. The molecule has 10 heteroatoms. The van der Waals surface area contributed by atoms with Crippen molar-refractivity contribution in [2.45, 2.75) is 32.9 Å². The van der Waals surface area contributed by atoms with Gasteiger partial charge in [-0.15, -0.1) is 0 Å². The van der Waals surface area contributed by atoms with E-state index in [-0.39, 0.29) is 37.5 Å². The first kappa shape index (κ1) is 26.0. The predicted octanol–water partition coefficient (Wildman–Crippen LogP) is 1.51. The van der Waals surface area contributed by atoms with E-state index in [4.69, 9.17) is 9.47 Å². The number of aryl methyl sites for hydroxylation is 2. The van der Waals surface area contributed by atoms with E-state index in [0.717, 1.165) is 55.3 Å². The molecule has 0 aromatic heterocycles. The van der Waals surface area contributed by atoms with Gasteiger partial charge in [-0.3, -0.25) is 24.2 Å². The Kier molecular flexibility index (Phi) is 7.80. The molecule has 2 aromatic rings. The SMILES string of the molecule is Cc1ccc(NC(=O)C[C@H]2C(=O)NCCN2C(=O)CN2CCN(Cc3ccc4c(c3)OCO4)CC2)cc1C. The summed E-state index contributed by atoms with van der Waals surface area (Å²) in [5.41, 5.74) is 4.07. The van der Waals surface area contributed by atoms with Crippen molar-refractivity contribution < 1.29 is 23.9 Å². The lowest BCUT2D eigenvalue weighted by molar-refractivity contribution is -0.145. The van der Waals surface area contributed by atoms with Crippen LogP contribution in [0.2, 0.25) is 0 Å². The van der Waals surface area contributed by atoms with Gasteiger partial charge in [0.15, 0.2) is 11.5 Å². The zero-order valence-corrected chi connectivity index (χ0v) is 22.0. The highest BCUT2D eigenvalue weighted by molar-refractivity contribution is 5.97. The molecule has 202 valence electrons. The van der Waals surface area contributed by atoms with E-state index >= 15 is 0 Å². The Balaban J connectivity index is 1.12. The minimum atomic E-state index is -0.810. The molecule has 0 saturated carbocycles. The molecule has 3 aliphatic heterocycles. The largest absolute Gasteiger partial charge is 0.454 e. The number of benzene rings is 2. The summed E-state index contributed by atoms with van der Waals surface area (Å²) in [5, 5.41) is 5.67. The Morgan fingerprint density at radius 3 is 2.50 bits per heavy atom. The van der Waals surface area contributed by atoms with Crippen LogP contribution < -0.4 is 20.1 Å². The van der Waals surface area contributed by atoms with Gasteiger partial charge in [-0.05, 0) is 54.8 Å². The molecule has 0 bridgehead atoms. The molecule has 2 aromatic carbocycles. The average molecular weight is 522 g/mol. The monoisotopic (exact) mass is 521 g/mol. The predicted molar refractivity (Wildman–Crippen MR) is 142 cm³/mol. The van der Waals surface area contributed by atoms with Gasteiger partial charge in [0.1, 0.15) is 6.04 Å². The summed E-state index contributed by atoms with van der Waals surface area (Å²) < 4.78 is 10.9. The van der Waals surface area contributed by atoms with Gasteiger partial charge in [0, 0.05) is 51.5 Å². The molecule has 0 spiro atoms. The first-order chi connectivity index (χ1) is 18.4. The molecular weight excluding hydrogens is 486 g/mol. The molecule has 2 fully saturated rings. The molecule has 38 heavy (non-hydrogen) atoms. The van der Waals surface area contributed by atoms with E-state index in [1.54, 1.807) is 4.90 Å². The van der Waals surface area contributed by atoms with Crippen LogP contribution in [-0.4, -0.2) is 91.1 Å². The zero-order chi connectivity index (χ0) is 26.6. The summed E-state index contributed by atoms with van der Waals surface area (Å²) in [7, 11) is 0. The zero-order valence-electron chi connectivity index (χ0n) is 22.0. The number of hydrogen-bond donors (Lipinski definition) is 2. The van der Waals surface area contributed by atoms with Crippen LogP contribution in [0, 0.1) is 13.8 Å². The fourth-order valence-electron chi connectivity index (χ4n) is 5.11. The normalized spacial score (nSPS) is 19.8. The van der Waals surface area contributed by atoms with Gasteiger partial charge in [-0.25, -0.2) is 0 Å². The Bertz CT molecular complexity index is 1210. The van der Waals surface area contributed by atoms with Gasteiger partial charge in [0.2, 0.25) is 24.5 Å². The number of ether oxygens (including phenoxy) is 2. The first-order valence-corrected chi connectivity index (χ1v) is 13.1. The third kappa shape index (κ3) is 6.08. The van der Waals surface area contributed by atoms with Crippen LogP contribution in [0.15, 0.2) is 36.4 Å². The molecule has 3 heterocycles. The maximum absolute atomic E-state index is 13.3. The molecule has 0 radical (unpaired) electrons. The molecule has 5 rings (SSSR count). The van der Waals surface area contributed by atoms with Crippen LogP contribution in [-0.2, 0) is 20.9 Å². The van der Waals surface area contributed by atoms with E-state index < -0.39 is 6.04 Å². The number of nitrogens with one attached hydrogen (secondary N) is 2. The summed E-state index contributed by atoms with van der Waals surface area (Å²) in [6, 6.07) is 10.9. The van der Waals surface area contributed by atoms with Crippen molar-refractivity contribution in [2.24, 2.45) is 0 Å². The van der Waals surface area contributed by atoms with Crippen LogP contribution in [0.25, 0.3) is 0 Å². The topological polar surface area (TPSA) is 103 Å². The Labute approximate surface area is 222 Å². The van der Waals surface area contributed by atoms with E-state index in [0.29, 0.717) is 18.8 Å². The molecule has 3 amide bonds. The molecule has 2 N–H and O–H groups in total. The number of anilines is 1. The average Bonchev–Trinajstić information content (AvgIpc) is 3.36. The van der Waals surface area contributed by atoms with Crippen molar-refractivity contribution in [1.82, 2.24) is 20.0 Å². The van der Waals surface area contributed by atoms with Crippen molar-refractivity contribution in [3.63, 3.8) is 0 Å². The Morgan fingerprint density at radius 1 is 0.947 bits per heavy atom. The standard InChI is InChI=1S/C28H35N5O5/c1-19-3-5-22(13-20(19)2)30-26(34)15-23-28(36)29-7-8-33(23)27(35)17-32-11-9-31(10-12-32)16-21-4-6-24-25(14-21)38-18-37-24/h3-6,13-14,23H,7-12,15-18H2,1-2H3,(H,29,36)(H,30,34)/t23-/m0/s1. The van der Waals surface area contributed by atoms with Crippen LogP contribution >= 0.6 is 0 Å². The maximum Gasteiger partial charge on any atom is 0.243 e. The van der Waals surface area contributed by atoms with Gasteiger partial charge in [0.05, 0.1) is 13.0 Å². The number of amides is 3. The van der Waals surface area contributed by atoms with E-state index in [9.17, 15) is 14.4 Å². The third-order valence-electron chi connectivity index (χ3n) is 7.49. The Morgan fingerprint density at radius 2 is 1.71 bits per heavy atom. The van der Waals surface area contributed by atoms with Gasteiger partial charge in [-0.2, -0.15) is 0 Å². The highest BCUT2D eigenvalue weighted by Crippen LogP contribution is 2.32. The molecule has 0 unspecified atom stereocenters. The minimum Gasteiger partial charge on any atom is -0.454 e. The molecule has 1 atom stereocenters. The van der Waals surface area contributed by atoms with Crippen LogP contribution in [0.1, 0.15) is 23.1 Å². The first-order valence-electron chi connectivity index (χ1n) is 13.1. The fraction of sp³-hybridized carbons (Fsp3) is 0.464.